The zero-order valence-electron chi connectivity index (χ0n) is 16.4. The van der Waals surface area contributed by atoms with E-state index in [-0.39, 0.29) is 29.8 Å². The van der Waals surface area contributed by atoms with Gasteiger partial charge in [-0.1, -0.05) is 30.3 Å². The Morgan fingerprint density at radius 2 is 1.68 bits per heavy atom. The maximum atomic E-state index is 12.2. The molecule has 0 unspecified atom stereocenters. The Bertz CT molecular complexity index is 844. The molecule has 0 spiro atoms. The molecule has 0 aliphatic carbocycles. The lowest BCUT2D eigenvalue weighted by atomic mass is 10.0. The highest BCUT2D eigenvalue weighted by Crippen LogP contribution is 2.15. The average Bonchev–Trinajstić information content (AvgIpc) is 2.65. The van der Waals surface area contributed by atoms with Crippen molar-refractivity contribution in [3.8, 4) is 0 Å². The fraction of sp³-hybridized carbons (Fsp3) is 0.318. The summed E-state index contributed by atoms with van der Waals surface area (Å²) in [5.74, 6) is -1.15. The number of carbonyl (C=O) groups is 3. The van der Waals surface area contributed by atoms with Crippen LogP contribution in [0.4, 0.5) is 5.69 Å². The number of hydrogen-bond donors (Lipinski definition) is 2. The molecule has 28 heavy (non-hydrogen) atoms. The number of nitrogens with one attached hydrogen (secondary N) is 1. The third kappa shape index (κ3) is 5.94. The summed E-state index contributed by atoms with van der Waals surface area (Å²) in [5.41, 5.74) is 2.51. The van der Waals surface area contributed by atoms with Gasteiger partial charge in [0.1, 0.15) is 0 Å². The number of aromatic carboxylic acids is 1. The average molecular weight is 382 g/mol. The van der Waals surface area contributed by atoms with Gasteiger partial charge in [0.25, 0.3) is 0 Å². The van der Waals surface area contributed by atoms with E-state index >= 15 is 0 Å². The Hall–Kier alpha value is -3.15. The fourth-order valence-corrected chi connectivity index (χ4v) is 2.97. The van der Waals surface area contributed by atoms with Gasteiger partial charge in [0.15, 0.2) is 0 Å². The van der Waals surface area contributed by atoms with Crippen molar-refractivity contribution in [2.45, 2.75) is 46.2 Å². The molecule has 0 atom stereocenters. The number of nitrogens with zero attached hydrogens (tertiary/aromatic N) is 1. The third-order valence-electron chi connectivity index (χ3n) is 4.49. The maximum Gasteiger partial charge on any atom is 0.335 e. The molecule has 2 aromatic rings. The molecule has 2 rings (SSSR count). The number of carboxylic acids is 1. The number of carboxylic acid groups (broad SMARTS) is 1. The number of anilines is 1. The molecule has 6 nitrogen and oxygen atoms in total. The van der Waals surface area contributed by atoms with E-state index in [0.717, 1.165) is 5.56 Å². The van der Waals surface area contributed by atoms with Crippen molar-refractivity contribution in [2.24, 2.45) is 0 Å². The van der Waals surface area contributed by atoms with Crippen molar-refractivity contribution < 1.29 is 19.5 Å². The third-order valence-corrected chi connectivity index (χ3v) is 4.49. The lowest BCUT2D eigenvalue weighted by Crippen LogP contribution is -2.34. The maximum absolute atomic E-state index is 12.2. The van der Waals surface area contributed by atoms with E-state index in [1.807, 2.05) is 26.0 Å². The zero-order valence-corrected chi connectivity index (χ0v) is 16.4. The molecule has 0 aromatic heterocycles. The molecular formula is C22H26N2O4. The van der Waals surface area contributed by atoms with Crippen LogP contribution in [0.25, 0.3) is 0 Å². The minimum atomic E-state index is -0.993. The van der Waals surface area contributed by atoms with Crippen molar-refractivity contribution in [3.63, 3.8) is 0 Å². The second-order valence-electron chi connectivity index (χ2n) is 6.95. The van der Waals surface area contributed by atoms with E-state index in [4.69, 9.17) is 0 Å². The van der Waals surface area contributed by atoms with Crippen LogP contribution in [-0.4, -0.2) is 33.8 Å². The molecule has 0 bridgehead atoms. The first kappa shape index (κ1) is 21.2. The van der Waals surface area contributed by atoms with Gasteiger partial charge in [0.2, 0.25) is 11.8 Å². The molecule has 0 aliphatic heterocycles. The number of amides is 2. The van der Waals surface area contributed by atoms with E-state index in [9.17, 15) is 19.5 Å². The van der Waals surface area contributed by atoms with Crippen molar-refractivity contribution in [1.29, 1.82) is 0 Å². The molecule has 0 saturated heterocycles. The van der Waals surface area contributed by atoms with Crippen LogP contribution in [0, 0.1) is 0 Å². The molecule has 2 amide bonds. The van der Waals surface area contributed by atoms with Crippen LogP contribution in [0.3, 0.4) is 0 Å². The van der Waals surface area contributed by atoms with Crippen LogP contribution in [-0.2, 0) is 22.6 Å². The summed E-state index contributed by atoms with van der Waals surface area (Å²) >= 11 is 0. The Kier molecular flexibility index (Phi) is 7.32. The first-order valence-electron chi connectivity index (χ1n) is 9.25. The predicted molar refractivity (Wildman–Crippen MR) is 108 cm³/mol. The minimum Gasteiger partial charge on any atom is -0.478 e. The van der Waals surface area contributed by atoms with E-state index in [1.54, 1.807) is 42.2 Å². The number of carbonyl (C=O) groups excluding carboxylic acids is 2. The molecule has 6 heteroatoms. The van der Waals surface area contributed by atoms with Crippen molar-refractivity contribution >= 4 is 23.5 Å². The molecule has 2 aromatic carbocycles. The summed E-state index contributed by atoms with van der Waals surface area (Å²) in [4.78, 5) is 36.9. The highest BCUT2D eigenvalue weighted by atomic mass is 16.4. The Labute approximate surface area is 165 Å². The molecule has 0 saturated carbocycles. The highest BCUT2D eigenvalue weighted by Gasteiger charge is 2.13. The molecular weight excluding hydrogens is 356 g/mol. The van der Waals surface area contributed by atoms with Crippen molar-refractivity contribution in [1.82, 2.24) is 4.90 Å². The second-order valence-corrected chi connectivity index (χ2v) is 6.95. The predicted octanol–water partition coefficient (Wildman–Crippen LogP) is 3.71. The van der Waals surface area contributed by atoms with Crippen molar-refractivity contribution in [2.75, 3.05) is 5.32 Å². The van der Waals surface area contributed by atoms with Gasteiger partial charge < -0.3 is 15.3 Å². The Morgan fingerprint density at radius 1 is 1.04 bits per heavy atom. The molecule has 0 fully saturated rings. The van der Waals surface area contributed by atoms with Gasteiger partial charge in [-0.3, -0.25) is 9.59 Å². The van der Waals surface area contributed by atoms with Crippen LogP contribution in [0.5, 0.6) is 0 Å². The summed E-state index contributed by atoms with van der Waals surface area (Å²) in [6.07, 6.45) is 0.547. The van der Waals surface area contributed by atoms with Gasteiger partial charge in [-0.25, -0.2) is 4.79 Å². The largest absolute Gasteiger partial charge is 0.478 e. The number of benzene rings is 2. The van der Waals surface area contributed by atoms with E-state index in [0.29, 0.717) is 24.2 Å². The zero-order chi connectivity index (χ0) is 20.7. The lowest BCUT2D eigenvalue weighted by Gasteiger charge is -2.25. The molecule has 0 aliphatic rings. The van der Waals surface area contributed by atoms with Gasteiger partial charge in [-0.2, -0.15) is 0 Å². The summed E-state index contributed by atoms with van der Waals surface area (Å²) < 4.78 is 0. The smallest absolute Gasteiger partial charge is 0.335 e. The van der Waals surface area contributed by atoms with Crippen LogP contribution >= 0.6 is 0 Å². The molecule has 0 radical (unpaired) electrons. The summed E-state index contributed by atoms with van der Waals surface area (Å²) in [6.45, 7) is 6.02. The highest BCUT2D eigenvalue weighted by molar-refractivity contribution is 5.92. The number of aryl methyl sites for hydroxylation is 1. The van der Waals surface area contributed by atoms with Gasteiger partial charge in [-0.05, 0) is 49.6 Å². The van der Waals surface area contributed by atoms with Crippen LogP contribution in [0.1, 0.15) is 48.7 Å². The summed E-state index contributed by atoms with van der Waals surface area (Å²) in [7, 11) is 0. The monoisotopic (exact) mass is 382 g/mol. The van der Waals surface area contributed by atoms with E-state index in [2.05, 4.69) is 5.32 Å². The van der Waals surface area contributed by atoms with Gasteiger partial charge in [0.05, 0.1) is 5.56 Å². The lowest BCUT2D eigenvalue weighted by molar-refractivity contribution is -0.131. The van der Waals surface area contributed by atoms with Gasteiger partial charge >= 0.3 is 5.97 Å². The fourth-order valence-electron chi connectivity index (χ4n) is 2.97. The van der Waals surface area contributed by atoms with Gasteiger partial charge in [0, 0.05) is 31.6 Å². The molecule has 148 valence electrons. The van der Waals surface area contributed by atoms with Crippen LogP contribution < -0.4 is 5.32 Å². The SMILES string of the molecule is CC(=O)N(Cc1ccc(NC(=O)CCc2ccccc2C(=O)O)cc1)C(C)C. The minimum absolute atomic E-state index is 0.0222. The molecule has 2 N–H and O–H groups in total. The normalized spacial score (nSPS) is 10.6. The van der Waals surface area contributed by atoms with E-state index in [1.165, 1.54) is 6.07 Å². The second kappa shape index (κ2) is 9.69. The number of hydrogen-bond acceptors (Lipinski definition) is 3. The first-order valence-corrected chi connectivity index (χ1v) is 9.25. The van der Waals surface area contributed by atoms with Crippen LogP contribution in [0.2, 0.25) is 0 Å². The summed E-state index contributed by atoms with van der Waals surface area (Å²) in [6, 6.07) is 14.2. The van der Waals surface area contributed by atoms with E-state index < -0.39 is 5.97 Å². The van der Waals surface area contributed by atoms with Gasteiger partial charge in [-0.15, -0.1) is 0 Å². The molecule has 0 heterocycles. The summed E-state index contributed by atoms with van der Waals surface area (Å²) in [5, 5.41) is 12.0. The Balaban J connectivity index is 1.93. The van der Waals surface area contributed by atoms with Crippen LogP contribution in [0.15, 0.2) is 48.5 Å². The van der Waals surface area contributed by atoms with Crippen molar-refractivity contribution in [3.05, 3.63) is 65.2 Å². The topological polar surface area (TPSA) is 86.7 Å². The first-order chi connectivity index (χ1) is 13.3. The number of rotatable bonds is 8. The Morgan fingerprint density at radius 3 is 2.25 bits per heavy atom. The quantitative estimate of drug-likeness (QED) is 0.729. The standard InChI is InChI=1S/C22H26N2O4/c1-15(2)24(16(3)25)14-17-8-11-19(12-9-17)23-21(26)13-10-18-6-4-5-7-20(18)22(27)28/h4-9,11-12,15H,10,13-14H2,1-3H3,(H,23,26)(H,27,28).